The highest BCUT2D eigenvalue weighted by Gasteiger charge is 2.19. The van der Waals surface area contributed by atoms with Gasteiger partial charge in [0, 0.05) is 5.02 Å². The summed E-state index contributed by atoms with van der Waals surface area (Å²) in [4.78, 5) is 24.0. The molecular weight excluding hydrogens is 412 g/mol. The molecule has 0 radical (unpaired) electrons. The Bertz CT molecular complexity index is 815. The van der Waals surface area contributed by atoms with E-state index in [9.17, 15) is 14.0 Å². The van der Waals surface area contributed by atoms with E-state index in [1.165, 1.54) is 43.1 Å². The molecule has 8 heteroatoms. The molecule has 1 amide bonds. The second-order valence-electron chi connectivity index (χ2n) is 5.63. The zero-order valence-electron chi connectivity index (χ0n) is 14.6. The Balaban J connectivity index is 1.83. The van der Waals surface area contributed by atoms with Crippen LogP contribution in [-0.4, -0.2) is 30.5 Å². The van der Waals surface area contributed by atoms with E-state index in [1.807, 2.05) is 0 Å². The first kappa shape index (κ1) is 21.5. The summed E-state index contributed by atoms with van der Waals surface area (Å²) in [5.41, 5.74) is 1.34. The SMILES string of the molecule is COC(=O)c1c(Cl)cc(Cl)cc1NC(=O)CSCCCc1ccc(F)cc1. The van der Waals surface area contributed by atoms with Gasteiger partial charge in [0.2, 0.25) is 5.91 Å². The maximum Gasteiger partial charge on any atom is 0.341 e. The first-order chi connectivity index (χ1) is 12.9. The molecule has 0 bridgehead atoms. The third kappa shape index (κ3) is 6.72. The van der Waals surface area contributed by atoms with Crippen LogP contribution in [0.25, 0.3) is 0 Å². The van der Waals surface area contributed by atoms with Gasteiger partial charge in [0.05, 0.1) is 23.6 Å². The Labute approximate surface area is 171 Å². The summed E-state index contributed by atoms with van der Waals surface area (Å²) >= 11 is 13.5. The van der Waals surface area contributed by atoms with Gasteiger partial charge < -0.3 is 10.1 Å². The average Bonchev–Trinajstić information content (AvgIpc) is 2.62. The number of carbonyl (C=O) groups excluding carboxylic acids is 2. The highest BCUT2D eigenvalue weighted by Crippen LogP contribution is 2.30. The smallest absolute Gasteiger partial charge is 0.341 e. The van der Waals surface area contributed by atoms with Gasteiger partial charge in [-0.2, -0.15) is 11.8 Å². The van der Waals surface area contributed by atoms with Gasteiger partial charge in [0.25, 0.3) is 0 Å². The predicted octanol–water partition coefficient (Wildman–Crippen LogP) is 5.22. The van der Waals surface area contributed by atoms with Crippen LogP contribution in [-0.2, 0) is 16.0 Å². The number of methoxy groups -OCH3 is 1. The van der Waals surface area contributed by atoms with E-state index in [1.54, 1.807) is 12.1 Å². The summed E-state index contributed by atoms with van der Waals surface area (Å²) in [5, 5.41) is 3.06. The fourth-order valence-corrected chi connectivity index (χ4v) is 3.68. The summed E-state index contributed by atoms with van der Waals surface area (Å²) in [7, 11) is 1.23. The van der Waals surface area contributed by atoms with Crippen molar-refractivity contribution in [3.8, 4) is 0 Å². The monoisotopic (exact) mass is 429 g/mol. The standard InChI is InChI=1S/C19H18Cl2FNO3S/c1-26-19(25)18-15(21)9-13(20)10-16(18)23-17(24)11-27-8-2-3-12-4-6-14(22)7-5-12/h4-7,9-10H,2-3,8,11H2,1H3,(H,23,24). The number of hydrogen-bond acceptors (Lipinski definition) is 4. The van der Waals surface area contributed by atoms with Crippen molar-refractivity contribution in [3.63, 3.8) is 0 Å². The normalized spacial score (nSPS) is 10.5. The number of anilines is 1. The zero-order chi connectivity index (χ0) is 19.8. The van der Waals surface area contributed by atoms with Gasteiger partial charge in [-0.1, -0.05) is 35.3 Å². The topological polar surface area (TPSA) is 55.4 Å². The fourth-order valence-electron chi connectivity index (χ4n) is 2.36. The molecule has 2 rings (SSSR count). The number of hydrogen-bond donors (Lipinski definition) is 1. The Morgan fingerprint density at radius 2 is 1.89 bits per heavy atom. The minimum atomic E-state index is -0.654. The molecule has 0 heterocycles. The van der Waals surface area contributed by atoms with E-state index >= 15 is 0 Å². The number of halogens is 3. The van der Waals surface area contributed by atoms with Crippen molar-refractivity contribution in [1.82, 2.24) is 0 Å². The number of thioether (sulfide) groups is 1. The van der Waals surface area contributed by atoms with Gasteiger partial charge >= 0.3 is 5.97 Å². The molecule has 0 saturated heterocycles. The molecule has 144 valence electrons. The molecule has 4 nitrogen and oxygen atoms in total. The van der Waals surface area contributed by atoms with Crippen molar-refractivity contribution < 1.29 is 18.7 Å². The van der Waals surface area contributed by atoms with E-state index in [2.05, 4.69) is 5.32 Å². The third-order valence-corrected chi connectivity index (χ3v) is 5.18. The van der Waals surface area contributed by atoms with Crippen LogP contribution >= 0.6 is 35.0 Å². The van der Waals surface area contributed by atoms with Crippen LogP contribution in [0.2, 0.25) is 10.0 Å². The molecule has 27 heavy (non-hydrogen) atoms. The van der Waals surface area contributed by atoms with E-state index in [0.717, 1.165) is 24.2 Å². The number of nitrogens with one attached hydrogen (secondary N) is 1. The molecular formula is C19H18Cl2FNO3S. The second-order valence-corrected chi connectivity index (χ2v) is 7.58. The quantitative estimate of drug-likeness (QED) is 0.461. The number of aryl methyl sites for hydroxylation is 1. The summed E-state index contributed by atoms with van der Waals surface area (Å²) < 4.78 is 17.5. The Morgan fingerprint density at radius 3 is 2.56 bits per heavy atom. The van der Waals surface area contributed by atoms with Crippen molar-refractivity contribution in [1.29, 1.82) is 0 Å². The number of esters is 1. The number of carbonyl (C=O) groups is 2. The number of ether oxygens (including phenoxy) is 1. The number of amides is 1. The van der Waals surface area contributed by atoms with Crippen LogP contribution in [0.5, 0.6) is 0 Å². The molecule has 0 atom stereocenters. The molecule has 0 aliphatic heterocycles. The van der Waals surface area contributed by atoms with Crippen LogP contribution in [0.15, 0.2) is 36.4 Å². The molecule has 0 fully saturated rings. The molecule has 0 aliphatic rings. The summed E-state index contributed by atoms with van der Waals surface area (Å²) in [5.74, 6) is -0.194. The van der Waals surface area contributed by atoms with Gasteiger partial charge in [0.15, 0.2) is 0 Å². The largest absolute Gasteiger partial charge is 0.465 e. The van der Waals surface area contributed by atoms with Crippen molar-refractivity contribution in [2.24, 2.45) is 0 Å². The Hall–Kier alpha value is -1.76. The lowest BCUT2D eigenvalue weighted by Crippen LogP contribution is -2.17. The number of benzene rings is 2. The molecule has 0 aromatic heterocycles. The van der Waals surface area contributed by atoms with E-state index in [4.69, 9.17) is 27.9 Å². The van der Waals surface area contributed by atoms with E-state index in [-0.39, 0.29) is 33.8 Å². The van der Waals surface area contributed by atoms with Crippen LogP contribution in [0.1, 0.15) is 22.3 Å². The lowest BCUT2D eigenvalue weighted by atomic mass is 10.1. The predicted molar refractivity (Wildman–Crippen MR) is 108 cm³/mol. The lowest BCUT2D eigenvalue weighted by Gasteiger charge is -2.12. The number of rotatable bonds is 8. The first-order valence-electron chi connectivity index (χ1n) is 8.10. The Morgan fingerprint density at radius 1 is 1.19 bits per heavy atom. The first-order valence-corrected chi connectivity index (χ1v) is 10.0. The van der Waals surface area contributed by atoms with Gasteiger partial charge in [-0.3, -0.25) is 4.79 Å². The maximum absolute atomic E-state index is 12.9. The molecule has 2 aromatic carbocycles. The lowest BCUT2D eigenvalue weighted by molar-refractivity contribution is -0.113. The second kappa shape index (κ2) is 10.5. The van der Waals surface area contributed by atoms with Crippen LogP contribution in [0, 0.1) is 5.82 Å². The van der Waals surface area contributed by atoms with Gasteiger partial charge in [-0.05, 0) is 48.4 Å². The van der Waals surface area contributed by atoms with Crippen LogP contribution in [0.4, 0.5) is 10.1 Å². The van der Waals surface area contributed by atoms with Crippen molar-refractivity contribution in [2.75, 3.05) is 23.9 Å². The third-order valence-electron chi connectivity index (χ3n) is 3.62. The highest BCUT2D eigenvalue weighted by molar-refractivity contribution is 7.99. The molecule has 0 unspecified atom stereocenters. The maximum atomic E-state index is 12.9. The highest BCUT2D eigenvalue weighted by atomic mass is 35.5. The van der Waals surface area contributed by atoms with Crippen LogP contribution in [0.3, 0.4) is 0 Å². The Kier molecular flexibility index (Phi) is 8.41. The van der Waals surface area contributed by atoms with Gasteiger partial charge in [-0.15, -0.1) is 0 Å². The minimum Gasteiger partial charge on any atom is -0.465 e. The molecule has 1 N–H and O–H groups in total. The van der Waals surface area contributed by atoms with E-state index in [0.29, 0.717) is 5.02 Å². The molecule has 0 aliphatic carbocycles. The molecule has 2 aromatic rings. The van der Waals surface area contributed by atoms with Crippen LogP contribution < -0.4 is 5.32 Å². The van der Waals surface area contributed by atoms with Crippen molar-refractivity contribution in [2.45, 2.75) is 12.8 Å². The van der Waals surface area contributed by atoms with E-state index < -0.39 is 5.97 Å². The average molecular weight is 430 g/mol. The zero-order valence-corrected chi connectivity index (χ0v) is 16.9. The van der Waals surface area contributed by atoms with Crippen molar-refractivity contribution in [3.05, 3.63) is 63.4 Å². The minimum absolute atomic E-state index is 0.0678. The molecule has 0 saturated carbocycles. The summed E-state index contributed by atoms with van der Waals surface area (Å²) in [6, 6.07) is 9.25. The fraction of sp³-hybridized carbons (Fsp3) is 0.263. The van der Waals surface area contributed by atoms with Gasteiger partial charge in [0.1, 0.15) is 11.4 Å². The molecule has 0 spiro atoms. The summed E-state index contributed by atoms with van der Waals surface area (Å²) in [6.07, 6.45) is 1.67. The van der Waals surface area contributed by atoms with Crippen molar-refractivity contribution >= 4 is 52.5 Å². The van der Waals surface area contributed by atoms with Gasteiger partial charge in [-0.25, -0.2) is 9.18 Å². The summed E-state index contributed by atoms with van der Waals surface area (Å²) in [6.45, 7) is 0.